The number of hydrogen-bond acceptors (Lipinski definition) is 7. The van der Waals surface area contributed by atoms with Crippen LogP contribution in [0.25, 0.3) is 0 Å². The van der Waals surface area contributed by atoms with Gasteiger partial charge in [-0.1, -0.05) is 0 Å². The number of rotatable bonds is 1. The first-order chi connectivity index (χ1) is 11.3. The fourth-order valence-corrected chi connectivity index (χ4v) is 3.77. The standard InChI is InChI=1S/C16H25NO7/c1-15(2)21-9-10(22-15)12-14(24-16(3,4)23-12)20-11(9)13(18)17-5-7-19-8-6-17/h9-12,14H,5-8H2,1-4H3/t9-,10+,11-,12-,14+/m1/s1. The predicted octanol–water partition coefficient (Wildman–Crippen LogP) is 0.242. The maximum atomic E-state index is 13.0. The van der Waals surface area contributed by atoms with E-state index in [1.165, 1.54) is 0 Å². The SMILES string of the molecule is CC1(C)O[C@H]2[C@@H](O1)[C@H](C(=O)N1CCOCC1)O[C@H]1OC(C)(C)O[C@@H]12. The molecule has 4 aliphatic rings. The molecule has 24 heavy (non-hydrogen) atoms. The molecule has 0 unspecified atom stereocenters. The fourth-order valence-electron chi connectivity index (χ4n) is 3.77. The smallest absolute Gasteiger partial charge is 0.254 e. The number of fused-ring (bicyclic) bond motifs is 3. The summed E-state index contributed by atoms with van der Waals surface area (Å²) in [6, 6.07) is 0. The summed E-state index contributed by atoms with van der Waals surface area (Å²) in [5.41, 5.74) is 0. The Balaban J connectivity index is 1.59. The number of morpholine rings is 1. The van der Waals surface area contributed by atoms with Gasteiger partial charge >= 0.3 is 0 Å². The molecule has 5 atom stereocenters. The molecule has 0 aromatic rings. The number of carbonyl (C=O) groups is 1. The van der Waals surface area contributed by atoms with Crippen LogP contribution >= 0.6 is 0 Å². The molecule has 4 saturated heterocycles. The molecule has 0 N–H and O–H groups in total. The van der Waals surface area contributed by atoms with Gasteiger partial charge in [0.05, 0.1) is 13.2 Å². The molecule has 4 aliphatic heterocycles. The minimum atomic E-state index is -0.798. The normalized spacial score (nSPS) is 43.3. The minimum Gasteiger partial charge on any atom is -0.378 e. The molecule has 0 saturated carbocycles. The molecular weight excluding hydrogens is 318 g/mol. The average Bonchev–Trinajstić information content (AvgIpc) is 3.00. The van der Waals surface area contributed by atoms with Crippen molar-refractivity contribution in [1.82, 2.24) is 4.90 Å². The number of ether oxygens (including phenoxy) is 6. The third kappa shape index (κ3) is 2.85. The Hall–Kier alpha value is -0.770. The summed E-state index contributed by atoms with van der Waals surface area (Å²) in [7, 11) is 0. The lowest BCUT2D eigenvalue weighted by Gasteiger charge is -2.39. The van der Waals surface area contributed by atoms with Crippen molar-refractivity contribution < 1.29 is 33.2 Å². The van der Waals surface area contributed by atoms with E-state index in [2.05, 4.69) is 0 Å². The van der Waals surface area contributed by atoms with Gasteiger partial charge in [0, 0.05) is 13.1 Å². The Morgan fingerprint density at radius 1 is 0.875 bits per heavy atom. The second-order valence-electron chi connectivity index (χ2n) is 7.53. The first-order valence-electron chi connectivity index (χ1n) is 8.49. The van der Waals surface area contributed by atoms with Gasteiger partial charge in [0.25, 0.3) is 5.91 Å². The van der Waals surface area contributed by atoms with Crippen molar-refractivity contribution >= 4 is 5.91 Å². The van der Waals surface area contributed by atoms with E-state index in [1.54, 1.807) is 4.90 Å². The zero-order valence-corrected chi connectivity index (χ0v) is 14.5. The van der Waals surface area contributed by atoms with Gasteiger partial charge in [0.1, 0.15) is 18.3 Å². The van der Waals surface area contributed by atoms with E-state index in [0.29, 0.717) is 26.3 Å². The minimum absolute atomic E-state index is 0.110. The molecule has 4 heterocycles. The van der Waals surface area contributed by atoms with Gasteiger partial charge < -0.3 is 33.3 Å². The van der Waals surface area contributed by atoms with Crippen molar-refractivity contribution in [3.63, 3.8) is 0 Å². The van der Waals surface area contributed by atoms with E-state index >= 15 is 0 Å². The van der Waals surface area contributed by atoms with Gasteiger partial charge in [-0.25, -0.2) is 0 Å². The van der Waals surface area contributed by atoms with E-state index in [9.17, 15) is 4.79 Å². The number of hydrogen-bond donors (Lipinski definition) is 0. The molecule has 4 rings (SSSR count). The van der Waals surface area contributed by atoms with Crippen molar-refractivity contribution in [2.45, 2.75) is 70.0 Å². The van der Waals surface area contributed by atoms with Gasteiger partial charge in [0.15, 0.2) is 24.0 Å². The van der Waals surface area contributed by atoms with Crippen LogP contribution in [0.1, 0.15) is 27.7 Å². The second-order valence-corrected chi connectivity index (χ2v) is 7.53. The zero-order valence-electron chi connectivity index (χ0n) is 14.5. The van der Waals surface area contributed by atoms with Crippen LogP contribution < -0.4 is 0 Å². The third-order valence-corrected chi connectivity index (χ3v) is 4.72. The van der Waals surface area contributed by atoms with E-state index in [0.717, 1.165) is 0 Å². The molecule has 0 aliphatic carbocycles. The summed E-state index contributed by atoms with van der Waals surface area (Å²) < 4.78 is 35.1. The highest BCUT2D eigenvalue weighted by Gasteiger charge is 2.62. The first kappa shape index (κ1) is 16.7. The van der Waals surface area contributed by atoms with E-state index in [-0.39, 0.29) is 5.91 Å². The highest BCUT2D eigenvalue weighted by atomic mass is 16.9. The average molecular weight is 343 g/mol. The molecule has 4 fully saturated rings. The molecule has 0 spiro atoms. The van der Waals surface area contributed by atoms with Crippen LogP contribution in [0.2, 0.25) is 0 Å². The second kappa shape index (κ2) is 5.62. The van der Waals surface area contributed by atoms with Gasteiger partial charge in [-0.05, 0) is 27.7 Å². The Morgan fingerprint density at radius 2 is 1.46 bits per heavy atom. The molecule has 0 radical (unpaired) electrons. The van der Waals surface area contributed by atoms with Crippen molar-refractivity contribution in [3.05, 3.63) is 0 Å². The first-order valence-corrected chi connectivity index (χ1v) is 8.49. The van der Waals surface area contributed by atoms with Crippen molar-refractivity contribution in [2.75, 3.05) is 26.3 Å². The Morgan fingerprint density at radius 3 is 2.17 bits per heavy atom. The molecule has 8 heteroatoms. The number of nitrogens with zero attached hydrogens (tertiary/aromatic N) is 1. The molecule has 1 amide bonds. The quantitative estimate of drug-likeness (QED) is 0.675. The van der Waals surface area contributed by atoms with E-state index in [4.69, 9.17) is 28.4 Å². The van der Waals surface area contributed by atoms with Crippen LogP contribution in [0.5, 0.6) is 0 Å². The number of carbonyl (C=O) groups excluding carboxylic acids is 1. The lowest BCUT2D eigenvalue weighted by atomic mass is 9.98. The fraction of sp³-hybridized carbons (Fsp3) is 0.938. The lowest BCUT2D eigenvalue weighted by molar-refractivity contribution is -0.235. The van der Waals surface area contributed by atoms with Gasteiger partial charge in [-0.15, -0.1) is 0 Å². The molecule has 136 valence electrons. The van der Waals surface area contributed by atoms with Crippen molar-refractivity contribution in [1.29, 1.82) is 0 Å². The molecule has 0 aromatic heterocycles. The van der Waals surface area contributed by atoms with Crippen molar-refractivity contribution in [3.8, 4) is 0 Å². The highest BCUT2D eigenvalue weighted by Crippen LogP contribution is 2.44. The van der Waals surface area contributed by atoms with Crippen molar-refractivity contribution in [2.24, 2.45) is 0 Å². The predicted molar refractivity (Wildman–Crippen MR) is 79.9 cm³/mol. The largest absolute Gasteiger partial charge is 0.378 e. The summed E-state index contributed by atoms with van der Waals surface area (Å²) in [6.45, 7) is 9.48. The zero-order chi connectivity index (χ0) is 17.1. The van der Waals surface area contributed by atoms with Crippen LogP contribution in [-0.4, -0.2) is 79.4 Å². The summed E-state index contributed by atoms with van der Waals surface area (Å²) in [6.07, 6.45) is -2.76. The summed E-state index contributed by atoms with van der Waals surface area (Å²) in [5, 5.41) is 0. The number of amides is 1. The van der Waals surface area contributed by atoms with Crippen LogP contribution in [0, 0.1) is 0 Å². The topological polar surface area (TPSA) is 75.7 Å². The van der Waals surface area contributed by atoms with Gasteiger partial charge in [-0.3, -0.25) is 4.79 Å². The Kier molecular flexibility index (Phi) is 3.91. The molecular formula is C16H25NO7. The molecule has 8 nitrogen and oxygen atoms in total. The van der Waals surface area contributed by atoms with Crippen LogP contribution in [-0.2, 0) is 33.2 Å². The maximum Gasteiger partial charge on any atom is 0.254 e. The monoisotopic (exact) mass is 343 g/mol. The lowest BCUT2D eigenvalue weighted by Crippen LogP contribution is -2.60. The summed E-state index contributed by atoms with van der Waals surface area (Å²) in [5.74, 6) is -1.69. The van der Waals surface area contributed by atoms with Crippen LogP contribution in [0.3, 0.4) is 0 Å². The van der Waals surface area contributed by atoms with Gasteiger partial charge in [-0.2, -0.15) is 0 Å². The Bertz CT molecular complexity index is 517. The highest BCUT2D eigenvalue weighted by molar-refractivity contribution is 5.82. The van der Waals surface area contributed by atoms with Gasteiger partial charge in [0.2, 0.25) is 0 Å². The van der Waals surface area contributed by atoms with Crippen LogP contribution in [0.4, 0.5) is 0 Å². The van der Waals surface area contributed by atoms with E-state index in [1.807, 2.05) is 27.7 Å². The van der Waals surface area contributed by atoms with Crippen LogP contribution in [0.15, 0.2) is 0 Å². The third-order valence-electron chi connectivity index (χ3n) is 4.72. The summed E-state index contributed by atoms with van der Waals surface area (Å²) in [4.78, 5) is 14.7. The van der Waals surface area contributed by atoms with E-state index < -0.39 is 42.3 Å². The molecule has 0 aromatic carbocycles. The molecule has 0 bridgehead atoms. The maximum absolute atomic E-state index is 13.0. The summed E-state index contributed by atoms with van der Waals surface area (Å²) >= 11 is 0. The Labute approximate surface area is 141 Å².